The lowest BCUT2D eigenvalue weighted by Crippen LogP contribution is -2.34. The average Bonchev–Trinajstić information content (AvgIpc) is 2.29. The van der Waals surface area contributed by atoms with Gasteiger partial charge in [-0.05, 0) is 37.0 Å². The Morgan fingerprint density at radius 1 is 1.27 bits per heavy atom. The largest absolute Gasteiger partial charge is 0.396 e. The van der Waals surface area contributed by atoms with Crippen molar-refractivity contribution in [2.75, 3.05) is 6.61 Å². The van der Waals surface area contributed by atoms with Crippen LogP contribution < -0.4 is 0 Å². The highest BCUT2D eigenvalue weighted by molar-refractivity contribution is 4.88. The first-order chi connectivity index (χ1) is 7.29. The molecule has 1 rings (SSSR count). The topological polar surface area (TPSA) is 20.2 Å². The minimum absolute atomic E-state index is 0.387. The first-order valence-corrected chi connectivity index (χ1v) is 6.90. The van der Waals surface area contributed by atoms with Crippen molar-refractivity contribution in [1.29, 1.82) is 0 Å². The Bertz CT molecular complexity index is 165. The highest BCUT2D eigenvalue weighted by atomic mass is 16.3. The van der Waals surface area contributed by atoms with E-state index < -0.39 is 0 Å². The van der Waals surface area contributed by atoms with E-state index in [0.717, 1.165) is 12.3 Å². The van der Waals surface area contributed by atoms with E-state index in [9.17, 15) is 5.11 Å². The van der Waals surface area contributed by atoms with Crippen LogP contribution in [0.4, 0.5) is 0 Å². The fraction of sp³-hybridized carbons (Fsp3) is 1.00. The normalized spacial score (nSPS) is 31.8. The van der Waals surface area contributed by atoms with Crippen LogP contribution in [0.15, 0.2) is 0 Å². The van der Waals surface area contributed by atoms with Gasteiger partial charge >= 0.3 is 0 Å². The Morgan fingerprint density at radius 3 is 2.67 bits per heavy atom. The molecular formula is C14H28O. The van der Waals surface area contributed by atoms with Gasteiger partial charge < -0.3 is 5.11 Å². The van der Waals surface area contributed by atoms with Gasteiger partial charge in [-0.25, -0.2) is 0 Å². The SMILES string of the molecule is CCCCC1(CC)CCCCC1CCO. The molecule has 0 aromatic rings. The van der Waals surface area contributed by atoms with Crippen LogP contribution in [0.25, 0.3) is 0 Å². The van der Waals surface area contributed by atoms with Crippen molar-refractivity contribution in [2.24, 2.45) is 11.3 Å². The quantitative estimate of drug-likeness (QED) is 0.701. The summed E-state index contributed by atoms with van der Waals surface area (Å²) in [6.45, 7) is 5.02. The third-order valence-electron chi connectivity index (χ3n) is 4.55. The summed E-state index contributed by atoms with van der Waals surface area (Å²) in [4.78, 5) is 0. The predicted octanol–water partition coefficient (Wildman–Crippen LogP) is 4.15. The van der Waals surface area contributed by atoms with Gasteiger partial charge in [0.2, 0.25) is 0 Å². The van der Waals surface area contributed by atoms with Crippen molar-refractivity contribution in [3.05, 3.63) is 0 Å². The molecule has 0 bridgehead atoms. The van der Waals surface area contributed by atoms with Crippen LogP contribution >= 0.6 is 0 Å². The van der Waals surface area contributed by atoms with Crippen LogP contribution in [0.1, 0.15) is 71.6 Å². The standard InChI is InChI=1S/C14H28O/c1-3-5-10-14(4-2)11-7-6-8-13(14)9-12-15/h13,15H,3-12H2,1-2H3. The van der Waals surface area contributed by atoms with Gasteiger partial charge in [0, 0.05) is 6.61 Å². The number of hydrogen-bond donors (Lipinski definition) is 1. The molecule has 1 aliphatic rings. The molecule has 0 aromatic heterocycles. The van der Waals surface area contributed by atoms with Gasteiger partial charge in [0.25, 0.3) is 0 Å². The maximum Gasteiger partial charge on any atom is 0.0433 e. The minimum atomic E-state index is 0.387. The fourth-order valence-corrected chi connectivity index (χ4v) is 3.48. The molecule has 90 valence electrons. The maximum absolute atomic E-state index is 9.17. The van der Waals surface area contributed by atoms with Crippen molar-refractivity contribution in [2.45, 2.75) is 71.6 Å². The van der Waals surface area contributed by atoms with E-state index >= 15 is 0 Å². The van der Waals surface area contributed by atoms with Crippen LogP contribution in [-0.2, 0) is 0 Å². The first-order valence-electron chi connectivity index (χ1n) is 6.90. The molecule has 0 aromatic carbocycles. The van der Waals surface area contributed by atoms with Gasteiger partial charge in [0.1, 0.15) is 0 Å². The molecule has 1 saturated carbocycles. The molecule has 1 N–H and O–H groups in total. The van der Waals surface area contributed by atoms with E-state index in [4.69, 9.17) is 0 Å². The molecule has 1 fully saturated rings. The van der Waals surface area contributed by atoms with Crippen molar-refractivity contribution < 1.29 is 5.11 Å². The average molecular weight is 212 g/mol. The monoisotopic (exact) mass is 212 g/mol. The summed E-state index contributed by atoms with van der Waals surface area (Å²) in [7, 11) is 0. The minimum Gasteiger partial charge on any atom is -0.396 e. The van der Waals surface area contributed by atoms with Gasteiger partial charge in [-0.1, -0.05) is 46.0 Å². The maximum atomic E-state index is 9.17. The molecule has 1 aliphatic carbocycles. The molecule has 0 saturated heterocycles. The second kappa shape index (κ2) is 6.52. The summed E-state index contributed by atoms with van der Waals surface area (Å²) < 4.78 is 0. The lowest BCUT2D eigenvalue weighted by Gasteiger charge is -2.44. The Morgan fingerprint density at radius 2 is 2.07 bits per heavy atom. The highest BCUT2D eigenvalue weighted by Crippen LogP contribution is 2.48. The van der Waals surface area contributed by atoms with Gasteiger partial charge in [0.15, 0.2) is 0 Å². The zero-order valence-electron chi connectivity index (χ0n) is 10.6. The molecule has 0 radical (unpaired) electrons. The molecule has 0 spiro atoms. The summed E-state index contributed by atoms with van der Waals surface area (Å²) in [6, 6.07) is 0. The number of hydrogen-bond acceptors (Lipinski definition) is 1. The number of aliphatic hydroxyl groups excluding tert-OH is 1. The lowest BCUT2D eigenvalue weighted by atomic mass is 9.61. The van der Waals surface area contributed by atoms with Crippen LogP contribution in [0.5, 0.6) is 0 Å². The summed E-state index contributed by atoms with van der Waals surface area (Å²) in [5.41, 5.74) is 0.580. The molecule has 2 unspecified atom stereocenters. The first kappa shape index (κ1) is 13.0. The molecule has 2 atom stereocenters. The summed E-state index contributed by atoms with van der Waals surface area (Å²) in [6.07, 6.45) is 12.0. The number of unbranched alkanes of at least 4 members (excludes halogenated alkanes) is 1. The zero-order chi connectivity index (χ0) is 11.1. The number of aliphatic hydroxyl groups is 1. The van der Waals surface area contributed by atoms with Gasteiger partial charge in [0.05, 0.1) is 0 Å². The van der Waals surface area contributed by atoms with E-state index in [2.05, 4.69) is 13.8 Å². The number of rotatable bonds is 6. The van der Waals surface area contributed by atoms with Crippen molar-refractivity contribution in [3.63, 3.8) is 0 Å². The van der Waals surface area contributed by atoms with Crippen LogP contribution in [0, 0.1) is 11.3 Å². The van der Waals surface area contributed by atoms with E-state index in [-0.39, 0.29) is 0 Å². The molecule has 15 heavy (non-hydrogen) atoms. The third-order valence-corrected chi connectivity index (χ3v) is 4.55. The van der Waals surface area contributed by atoms with E-state index in [0.29, 0.717) is 12.0 Å². The molecule has 1 heteroatoms. The second-order valence-electron chi connectivity index (χ2n) is 5.27. The molecule has 0 heterocycles. The van der Waals surface area contributed by atoms with Crippen LogP contribution in [-0.4, -0.2) is 11.7 Å². The van der Waals surface area contributed by atoms with Crippen molar-refractivity contribution >= 4 is 0 Å². The highest BCUT2D eigenvalue weighted by Gasteiger charge is 2.37. The second-order valence-corrected chi connectivity index (χ2v) is 5.27. The fourth-order valence-electron chi connectivity index (χ4n) is 3.48. The van der Waals surface area contributed by atoms with Crippen LogP contribution in [0.3, 0.4) is 0 Å². The van der Waals surface area contributed by atoms with Crippen molar-refractivity contribution in [1.82, 2.24) is 0 Å². The zero-order valence-corrected chi connectivity index (χ0v) is 10.6. The lowest BCUT2D eigenvalue weighted by molar-refractivity contribution is 0.0542. The van der Waals surface area contributed by atoms with E-state index in [1.807, 2.05) is 0 Å². The Balaban J connectivity index is 2.61. The Hall–Kier alpha value is -0.0400. The third kappa shape index (κ3) is 3.21. The molecule has 1 nitrogen and oxygen atoms in total. The summed E-state index contributed by atoms with van der Waals surface area (Å²) >= 11 is 0. The molecular weight excluding hydrogens is 184 g/mol. The van der Waals surface area contributed by atoms with Gasteiger partial charge in [-0.2, -0.15) is 0 Å². The van der Waals surface area contributed by atoms with Crippen LogP contribution in [0.2, 0.25) is 0 Å². The van der Waals surface area contributed by atoms with Crippen molar-refractivity contribution in [3.8, 4) is 0 Å². The Kier molecular flexibility index (Phi) is 5.66. The van der Waals surface area contributed by atoms with Gasteiger partial charge in [-0.3, -0.25) is 0 Å². The summed E-state index contributed by atoms with van der Waals surface area (Å²) in [5, 5.41) is 9.17. The van der Waals surface area contributed by atoms with E-state index in [1.54, 1.807) is 0 Å². The van der Waals surface area contributed by atoms with Gasteiger partial charge in [-0.15, -0.1) is 0 Å². The molecule has 0 aliphatic heterocycles. The molecule has 0 amide bonds. The predicted molar refractivity (Wildman–Crippen MR) is 65.9 cm³/mol. The Labute approximate surface area is 95.3 Å². The smallest absolute Gasteiger partial charge is 0.0433 e. The summed E-state index contributed by atoms with van der Waals surface area (Å²) in [5.74, 6) is 0.799. The van der Waals surface area contributed by atoms with E-state index in [1.165, 1.54) is 51.4 Å².